The van der Waals surface area contributed by atoms with Crippen LogP contribution in [0.15, 0.2) is 133 Å². The van der Waals surface area contributed by atoms with Crippen LogP contribution in [-0.2, 0) is 0 Å². The van der Waals surface area contributed by atoms with Gasteiger partial charge < -0.3 is 0 Å². The summed E-state index contributed by atoms with van der Waals surface area (Å²) in [5.74, 6) is 0.819. The van der Waals surface area contributed by atoms with E-state index in [-0.39, 0.29) is 0 Å². The van der Waals surface area contributed by atoms with E-state index in [9.17, 15) is 10.5 Å². The molecule has 0 aliphatic rings. The van der Waals surface area contributed by atoms with Gasteiger partial charge in [-0.1, -0.05) is 91.0 Å². The van der Waals surface area contributed by atoms with Crippen molar-refractivity contribution in [2.24, 2.45) is 0 Å². The minimum absolute atomic E-state index is 0.483. The summed E-state index contributed by atoms with van der Waals surface area (Å²) in [5.41, 5.74) is 8.64. The Labute approximate surface area is 237 Å². The van der Waals surface area contributed by atoms with Crippen LogP contribution in [0.3, 0.4) is 0 Å². The zero-order valence-corrected chi connectivity index (χ0v) is 22.0. The number of para-hydroxylation sites is 1. The second-order valence-corrected chi connectivity index (χ2v) is 9.87. The molecule has 0 saturated carbocycles. The number of aromatic nitrogens is 2. The minimum Gasteiger partial charge on any atom is -0.294 e. The fraction of sp³-hybridized carbons (Fsp3) is 0. The van der Waals surface area contributed by atoms with E-state index in [4.69, 9.17) is 4.98 Å². The third kappa shape index (κ3) is 4.12. The normalized spacial score (nSPS) is 10.9. The Morgan fingerprint density at radius 1 is 0.488 bits per heavy atom. The van der Waals surface area contributed by atoms with Gasteiger partial charge in [0.05, 0.1) is 40.0 Å². The van der Waals surface area contributed by atoms with Crippen molar-refractivity contribution < 1.29 is 0 Å². The topological polar surface area (TPSA) is 65.4 Å². The van der Waals surface area contributed by atoms with E-state index in [1.54, 1.807) is 18.2 Å². The van der Waals surface area contributed by atoms with Gasteiger partial charge in [0.25, 0.3) is 0 Å². The lowest BCUT2D eigenvalue weighted by atomic mass is 9.94. The minimum atomic E-state index is 0.483. The molecule has 2 heterocycles. The maximum absolute atomic E-state index is 9.81. The Morgan fingerprint density at radius 2 is 1.12 bits per heavy atom. The maximum Gasteiger partial charge on any atom is 0.138 e. The van der Waals surface area contributed by atoms with E-state index < -0.39 is 0 Å². The van der Waals surface area contributed by atoms with Gasteiger partial charge in [-0.15, -0.1) is 0 Å². The van der Waals surface area contributed by atoms with E-state index in [2.05, 4.69) is 77.4 Å². The number of hydrogen-bond acceptors (Lipinski definition) is 3. The van der Waals surface area contributed by atoms with Crippen molar-refractivity contribution in [3.63, 3.8) is 0 Å². The van der Waals surface area contributed by atoms with E-state index >= 15 is 0 Å². The molecular formula is C37H22N4. The molecule has 0 atom stereocenters. The molecule has 0 radical (unpaired) electrons. The number of fused-ring (bicyclic) bond motifs is 3. The van der Waals surface area contributed by atoms with Gasteiger partial charge in [0.2, 0.25) is 0 Å². The van der Waals surface area contributed by atoms with Crippen molar-refractivity contribution in [1.29, 1.82) is 10.5 Å². The van der Waals surface area contributed by atoms with Crippen molar-refractivity contribution >= 4 is 21.8 Å². The predicted octanol–water partition coefficient (Wildman–Crippen LogP) is 8.92. The van der Waals surface area contributed by atoms with E-state index in [1.807, 2.05) is 54.6 Å². The van der Waals surface area contributed by atoms with Crippen molar-refractivity contribution in [3.8, 4) is 51.5 Å². The molecule has 0 aliphatic carbocycles. The summed E-state index contributed by atoms with van der Waals surface area (Å²) in [4.78, 5) is 5.18. The largest absolute Gasteiger partial charge is 0.294 e. The van der Waals surface area contributed by atoms with Gasteiger partial charge >= 0.3 is 0 Å². The molecule has 7 rings (SSSR count). The molecule has 41 heavy (non-hydrogen) atoms. The maximum atomic E-state index is 9.81. The van der Waals surface area contributed by atoms with Gasteiger partial charge in [0.1, 0.15) is 5.82 Å². The first-order valence-corrected chi connectivity index (χ1v) is 13.4. The number of hydrogen-bond donors (Lipinski definition) is 0. The molecule has 0 amide bonds. The van der Waals surface area contributed by atoms with Crippen LogP contribution >= 0.6 is 0 Å². The fourth-order valence-corrected chi connectivity index (χ4v) is 5.61. The summed E-state index contributed by atoms with van der Waals surface area (Å²) in [5, 5.41) is 21.7. The summed E-state index contributed by atoms with van der Waals surface area (Å²) in [6.45, 7) is 0. The Balaban J connectivity index is 1.52. The highest BCUT2D eigenvalue weighted by Crippen LogP contribution is 2.37. The zero-order valence-electron chi connectivity index (χ0n) is 22.0. The Morgan fingerprint density at radius 3 is 1.83 bits per heavy atom. The van der Waals surface area contributed by atoms with Crippen LogP contribution in [-0.4, -0.2) is 9.55 Å². The molecule has 0 aliphatic heterocycles. The van der Waals surface area contributed by atoms with Gasteiger partial charge in [0.15, 0.2) is 0 Å². The third-order valence-electron chi connectivity index (χ3n) is 7.48. The number of rotatable bonds is 4. The number of nitriles is 2. The summed E-state index contributed by atoms with van der Waals surface area (Å²) in [7, 11) is 0. The molecule has 5 aromatic carbocycles. The highest BCUT2D eigenvalue weighted by molar-refractivity contribution is 6.10. The Bertz CT molecular complexity index is 2070. The molecular weight excluding hydrogens is 500 g/mol. The second-order valence-electron chi connectivity index (χ2n) is 9.87. The van der Waals surface area contributed by atoms with Crippen LogP contribution in [0.2, 0.25) is 0 Å². The summed E-state index contributed by atoms with van der Waals surface area (Å²) in [6.07, 6.45) is 0. The third-order valence-corrected chi connectivity index (χ3v) is 7.48. The van der Waals surface area contributed by atoms with Crippen molar-refractivity contribution in [2.75, 3.05) is 0 Å². The predicted molar refractivity (Wildman–Crippen MR) is 164 cm³/mol. The average Bonchev–Trinajstić information content (AvgIpc) is 3.38. The van der Waals surface area contributed by atoms with Gasteiger partial charge in [0, 0.05) is 21.9 Å². The molecule has 0 saturated heterocycles. The van der Waals surface area contributed by atoms with Crippen molar-refractivity contribution in [1.82, 2.24) is 9.55 Å². The van der Waals surface area contributed by atoms with Crippen LogP contribution in [0.1, 0.15) is 11.1 Å². The zero-order chi connectivity index (χ0) is 27.8. The van der Waals surface area contributed by atoms with Crippen LogP contribution in [0.4, 0.5) is 0 Å². The monoisotopic (exact) mass is 522 g/mol. The van der Waals surface area contributed by atoms with Crippen LogP contribution in [0, 0.1) is 22.7 Å². The quantitative estimate of drug-likeness (QED) is 0.232. The average molecular weight is 523 g/mol. The van der Waals surface area contributed by atoms with Gasteiger partial charge in [-0.2, -0.15) is 10.5 Å². The summed E-state index contributed by atoms with van der Waals surface area (Å²) >= 11 is 0. The summed E-state index contributed by atoms with van der Waals surface area (Å²) < 4.78 is 2.20. The van der Waals surface area contributed by atoms with Gasteiger partial charge in [-0.3, -0.25) is 4.57 Å². The molecule has 0 bridgehead atoms. The lowest BCUT2D eigenvalue weighted by Crippen LogP contribution is -2.00. The molecule has 4 heteroatoms. The lowest BCUT2D eigenvalue weighted by Gasteiger charge is -2.13. The highest BCUT2D eigenvalue weighted by Gasteiger charge is 2.18. The molecule has 7 aromatic rings. The number of nitrogens with zero attached hydrogens (tertiary/aromatic N) is 4. The van der Waals surface area contributed by atoms with Gasteiger partial charge in [-0.05, 0) is 59.2 Å². The molecule has 190 valence electrons. The van der Waals surface area contributed by atoms with Crippen LogP contribution < -0.4 is 0 Å². The van der Waals surface area contributed by atoms with E-state index in [1.165, 1.54) is 0 Å². The standard InChI is InChI=1S/C37H22N4/c38-23-28-14-9-15-29(24-39)37(28)27-18-19-35-32(20-27)31-16-7-8-17-34(31)41(35)36-22-30(25-10-3-1-4-11-25)21-33(40-36)26-12-5-2-6-13-26/h1-22H. The first kappa shape index (κ1) is 24.1. The first-order chi connectivity index (χ1) is 20.2. The van der Waals surface area contributed by atoms with Crippen molar-refractivity contribution in [3.05, 3.63) is 145 Å². The number of pyridine rings is 1. The number of benzene rings is 5. The highest BCUT2D eigenvalue weighted by atomic mass is 15.1. The van der Waals surface area contributed by atoms with Gasteiger partial charge in [-0.25, -0.2) is 4.98 Å². The van der Waals surface area contributed by atoms with E-state index in [0.717, 1.165) is 55.6 Å². The smallest absolute Gasteiger partial charge is 0.138 e. The molecule has 0 unspecified atom stereocenters. The van der Waals surface area contributed by atoms with E-state index in [0.29, 0.717) is 16.7 Å². The Hall–Kier alpha value is -5.97. The molecule has 2 aromatic heterocycles. The molecule has 0 fully saturated rings. The molecule has 0 N–H and O–H groups in total. The summed E-state index contributed by atoms with van der Waals surface area (Å²) in [6, 6.07) is 49.1. The van der Waals surface area contributed by atoms with Crippen molar-refractivity contribution in [2.45, 2.75) is 0 Å². The SMILES string of the molecule is N#Cc1cccc(C#N)c1-c1ccc2c(c1)c1ccccc1n2-c1cc(-c2ccccc2)cc(-c2ccccc2)n1. The second kappa shape index (κ2) is 9.97. The Kier molecular flexibility index (Phi) is 5.86. The molecule has 0 spiro atoms. The van der Waals surface area contributed by atoms with Crippen LogP contribution in [0.5, 0.6) is 0 Å². The fourth-order valence-electron chi connectivity index (χ4n) is 5.61. The molecule has 4 nitrogen and oxygen atoms in total. The first-order valence-electron chi connectivity index (χ1n) is 13.4. The van der Waals surface area contributed by atoms with Crippen LogP contribution in [0.25, 0.3) is 61.1 Å². The lowest BCUT2D eigenvalue weighted by molar-refractivity contribution is 1.08.